The number of amides is 1. The lowest BCUT2D eigenvalue weighted by molar-refractivity contribution is -0.155. The number of carbonyl (C=O) groups excluding carboxylic acids is 1. The van der Waals surface area contributed by atoms with E-state index in [2.05, 4.69) is 26.3 Å². The molecule has 1 N–H and O–H groups in total. The predicted molar refractivity (Wildman–Crippen MR) is 99.6 cm³/mol. The molecule has 1 aromatic rings. The Morgan fingerprint density at radius 3 is 2.76 bits per heavy atom. The third kappa shape index (κ3) is 5.34. The van der Waals surface area contributed by atoms with Gasteiger partial charge in [-0.05, 0) is 53.7 Å². The van der Waals surface area contributed by atoms with Crippen molar-refractivity contribution in [1.29, 1.82) is 0 Å². The van der Waals surface area contributed by atoms with Crippen LogP contribution in [0.2, 0.25) is 0 Å². The molecule has 2 unspecified atom stereocenters. The lowest BCUT2D eigenvalue weighted by Gasteiger charge is -2.34. The Kier molecular flexibility index (Phi) is 9.24. The highest BCUT2D eigenvalue weighted by atomic mass is 79.9. The minimum absolute atomic E-state index is 0.0502. The van der Waals surface area contributed by atoms with Crippen LogP contribution in [0.15, 0.2) is 22.9 Å². The third-order valence-corrected chi connectivity index (χ3v) is 4.84. The molecule has 1 amide bonds. The minimum Gasteiger partial charge on any atom is -0.273 e. The Bertz CT molecular complexity index is 564. The first-order valence-corrected chi connectivity index (χ1v) is 9.74. The molecule has 2 atom stereocenters. The van der Waals surface area contributed by atoms with E-state index in [1.807, 2.05) is 19.9 Å². The van der Waals surface area contributed by atoms with Crippen molar-refractivity contribution in [3.8, 4) is 0 Å². The summed E-state index contributed by atoms with van der Waals surface area (Å²) >= 11 is 8.96. The molecule has 1 aliphatic rings. The monoisotopic (exact) mass is 439 g/mol. The second kappa shape index (κ2) is 10.4. The second-order valence-electron chi connectivity index (χ2n) is 5.83. The van der Waals surface area contributed by atoms with Crippen molar-refractivity contribution in [2.75, 3.05) is 12.4 Å². The van der Waals surface area contributed by atoms with Crippen molar-refractivity contribution in [2.45, 2.75) is 52.5 Å². The number of halogens is 4. The van der Waals surface area contributed by atoms with Gasteiger partial charge in [0.2, 0.25) is 5.91 Å². The molecule has 1 aromatic heterocycles. The molecule has 8 heteroatoms. The molecular weight excluding hydrogens is 416 g/mol. The van der Waals surface area contributed by atoms with Crippen LogP contribution >= 0.6 is 27.5 Å². The van der Waals surface area contributed by atoms with Gasteiger partial charge in [-0.15, -0.1) is 11.6 Å². The van der Waals surface area contributed by atoms with E-state index in [9.17, 15) is 13.6 Å². The van der Waals surface area contributed by atoms with E-state index in [1.54, 1.807) is 12.4 Å². The summed E-state index contributed by atoms with van der Waals surface area (Å²) in [6, 6.07) is 1.55. The van der Waals surface area contributed by atoms with E-state index in [4.69, 9.17) is 11.6 Å². The summed E-state index contributed by atoms with van der Waals surface area (Å²) in [4.78, 5) is 16.9. The van der Waals surface area contributed by atoms with Gasteiger partial charge < -0.3 is 0 Å². The summed E-state index contributed by atoms with van der Waals surface area (Å²) in [6.45, 7) is 5.86. The molecule has 4 nitrogen and oxygen atoms in total. The fourth-order valence-corrected chi connectivity index (χ4v) is 3.24. The smallest absolute Gasteiger partial charge is 0.252 e. The molecule has 0 saturated carbocycles. The van der Waals surface area contributed by atoms with Gasteiger partial charge in [0.1, 0.15) is 5.41 Å². The highest BCUT2D eigenvalue weighted by Gasteiger charge is 2.47. The maximum atomic E-state index is 13.6. The van der Waals surface area contributed by atoms with Crippen LogP contribution in [0.3, 0.4) is 0 Å². The Morgan fingerprint density at radius 1 is 1.52 bits per heavy atom. The van der Waals surface area contributed by atoms with E-state index in [0.717, 1.165) is 10.0 Å². The topological polar surface area (TPSA) is 45.2 Å². The van der Waals surface area contributed by atoms with Crippen LogP contribution in [0.4, 0.5) is 8.78 Å². The molecule has 25 heavy (non-hydrogen) atoms. The Hall–Kier alpha value is -0.790. The Balaban J connectivity index is 0.00000151. The molecule has 0 aromatic carbocycles. The van der Waals surface area contributed by atoms with Crippen molar-refractivity contribution in [1.82, 2.24) is 15.4 Å². The van der Waals surface area contributed by atoms with E-state index in [0.29, 0.717) is 19.4 Å². The van der Waals surface area contributed by atoms with Gasteiger partial charge in [0.05, 0.1) is 6.04 Å². The Morgan fingerprint density at radius 2 is 2.20 bits per heavy atom. The van der Waals surface area contributed by atoms with E-state index < -0.39 is 17.7 Å². The molecule has 2 heterocycles. The van der Waals surface area contributed by atoms with Gasteiger partial charge in [-0.2, -0.15) is 0 Å². The molecule has 1 fully saturated rings. The van der Waals surface area contributed by atoms with Gasteiger partial charge in [-0.3, -0.25) is 14.8 Å². The number of hydrazine groups is 1. The third-order valence-electron chi connectivity index (χ3n) is 4.14. The SMILES string of the molecule is CC.CC(CCCCl)(C(=O)N1NCCC1c1cncc(Br)c1)C(F)F. The van der Waals surface area contributed by atoms with Gasteiger partial charge in [0.25, 0.3) is 6.43 Å². The van der Waals surface area contributed by atoms with Gasteiger partial charge in [0.15, 0.2) is 0 Å². The molecular formula is C17H25BrClF2N3O. The quantitative estimate of drug-likeness (QED) is 0.637. The van der Waals surface area contributed by atoms with Crippen LogP contribution in [-0.2, 0) is 4.79 Å². The maximum absolute atomic E-state index is 13.6. The highest BCUT2D eigenvalue weighted by molar-refractivity contribution is 9.10. The summed E-state index contributed by atoms with van der Waals surface area (Å²) in [7, 11) is 0. The molecule has 0 bridgehead atoms. The van der Waals surface area contributed by atoms with Crippen molar-refractivity contribution in [3.05, 3.63) is 28.5 Å². The van der Waals surface area contributed by atoms with Crippen molar-refractivity contribution in [3.63, 3.8) is 0 Å². The fourth-order valence-electron chi connectivity index (χ4n) is 2.72. The summed E-state index contributed by atoms with van der Waals surface area (Å²) in [6.07, 6.45) is 1.61. The molecule has 0 spiro atoms. The first kappa shape index (κ1) is 22.3. The van der Waals surface area contributed by atoms with Crippen molar-refractivity contribution in [2.24, 2.45) is 5.41 Å². The van der Waals surface area contributed by atoms with Gasteiger partial charge >= 0.3 is 0 Å². The number of alkyl halides is 3. The summed E-state index contributed by atoms with van der Waals surface area (Å²) in [5, 5.41) is 1.34. The van der Waals surface area contributed by atoms with Crippen LogP contribution in [-0.4, -0.2) is 34.8 Å². The molecule has 0 aliphatic carbocycles. The number of carbonyl (C=O) groups is 1. The average Bonchev–Trinajstić information content (AvgIpc) is 3.10. The number of aromatic nitrogens is 1. The van der Waals surface area contributed by atoms with Crippen LogP contribution < -0.4 is 5.43 Å². The largest absolute Gasteiger partial charge is 0.273 e. The normalized spacial score (nSPS) is 19.4. The zero-order chi connectivity index (χ0) is 19.0. The number of nitrogens with one attached hydrogen (secondary N) is 1. The predicted octanol–water partition coefficient (Wildman–Crippen LogP) is 4.94. The van der Waals surface area contributed by atoms with Crippen LogP contribution in [0.25, 0.3) is 0 Å². The van der Waals surface area contributed by atoms with E-state index in [-0.39, 0.29) is 18.3 Å². The number of nitrogens with zero attached hydrogens (tertiary/aromatic N) is 2. The van der Waals surface area contributed by atoms with Crippen molar-refractivity contribution >= 4 is 33.4 Å². The molecule has 1 saturated heterocycles. The standard InChI is InChI=1S/C15H19BrClF2N3O.C2H6/c1-15(13(18)19,4-2-5-17)14(23)22-12(3-6-21-22)10-7-11(16)9-20-8-10;1-2/h7-9,12-13,21H,2-6H2,1H3;1-2H3. The molecule has 1 aliphatic heterocycles. The van der Waals surface area contributed by atoms with Crippen molar-refractivity contribution < 1.29 is 13.6 Å². The first-order valence-electron chi connectivity index (χ1n) is 8.42. The van der Waals surface area contributed by atoms with Crippen LogP contribution in [0, 0.1) is 5.41 Å². The summed E-state index contributed by atoms with van der Waals surface area (Å²) in [5.74, 6) is -0.345. The van der Waals surface area contributed by atoms with E-state index >= 15 is 0 Å². The lowest BCUT2D eigenvalue weighted by atomic mass is 9.84. The zero-order valence-electron chi connectivity index (χ0n) is 14.7. The Labute approximate surface area is 161 Å². The highest BCUT2D eigenvalue weighted by Crippen LogP contribution is 2.38. The number of rotatable bonds is 6. The number of pyridine rings is 1. The van der Waals surface area contributed by atoms with Crippen LogP contribution in [0.5, 0.6) is 0 Å². The molecule has 0 radical (unpaired) electrons. The average molecular weight is 441 g/mol. The molecule has 142 valence electrons. The number of hydrogen-bond donors (Lipinski definition) is 1. The second-order valence-corrected chi connectivity index (χ2v) is 7.13. The first-order chi connectivity index (χ1) is 11.9. The summed E-state index contributed by atoms with van der Waals surface area (Å²) in [5.41, 5.74) is 2.00. The zero-order valence-corrected chi connectivity index (χ0v) is 17.1. The van der Waals surface area contributed by atoms with Gasteiger partial charge in [-0.1, -0.05) is 13.8 Å². The van der Waals surface area contributed by atoms with Crippen LogP contribution in [0.1, 0.15) is 51.6 Å². The lowest BCUT2D eigenvalue weighted by Crippen LogP contribution is -2.50. The minimum atomic E-state index is -2.75. The van der Waals surface area contributed by atoms with E-state index in [1.165, 1.54) is 11.9 Å². The fraction of sp³-hybridized carbons (Fsp3) is 0.647. The van der Waals surface area contributed by atoms with Gasteiger partial charge in [-0.25, -0.2) is 14.2 Å². The summed E-state index contributed by atoms with van der Waals surface area (Å²) < 4.78 is 27.9. The maximum Gasteiger partial charge on any atom is 0.252 e. The van der Waals surface area contributed by atoms with Gasteiger partial charge in [0, 0.05) is 29.3 Å². The molecule has 2 rings (SSSR count). The number of hydrogen-bond acceptors (Lipinski definition) is 3.